The van der Waals surface area contributed by atoms with Crippen molar-refractivity contribution in [3.8, 4) is 0 Å². The van der Waals surface area contributed by atoms with Gasteiger partial charge in [-0.15, -0.1) is 0 Å². The van der Waals surface area contributed by atoms with E-state index >= 15 is 0 Å². The van der Waals surface area contributed by atoms with E-state index in [2.05, 4.69) is 0 Å². The monoisotopic (exact) mass is 283 g/mol. The number of hydrogen-bond acceptors (Lipinski definition) is 4. The molecule has 0 aliphatic carbocycles. The molecule has 0 aromatic heterocycles. The third-order valence-electron chi connectivity index (χ3n) is 3.35. The number of rotatable bonds is 2. The number of hydrogen-bond donors (Lipinski definition) is 0. The van der Waals surface area contributed by atoms with Gasteiger partial charge in [-0.2, -0.15) is 0 Å². The van der Waals surface area contributed by atoms with Gasteiger partial charge in [0.05, 0.1) is 17.5 Å². The summed E-state index contributed by atoms with van der Waals surface area (Å²) in [5.74, 6) is 0.230. The van der Waals surface area contributed by atoms with Crippen LogP contribution in [0.2, 0.25) is 0 Å². The number of fused-ring (bicyclic) bond motifs is 1. The molecule has 1 aromatic rings. The number of benzene rings is 1. The van der Waals surface area contributed by atoms with Crippen LogP contribution in [0, 0.1) is 0 Å². The van der Waals surface area contributed by atoms with Gasteiger partial charge in [0.2, 0.25) is 0 Å². The van der Waals surface area contributed by atoms with Crippen LogP contribution < -0.4 is 0 Å². The maximum Gasteiger partial charge on any atom is 0.260 e. The van der Waals surface area contributed by atoms with Crippen LogP contribution >= 0.6 is 12.2 Å². The van der Waals surface area contributed by atoms with Gasteiger partial charge >= 0.3 is 0 Å². The highest BCUT2D eigenvalue weighted by Gasteiger charge is 2.48. The Balaban J connectivity index is 1.82. The molecule has 2 atom stereocenters. The molecule has 0 bridgehead atoms. The Hall–Kier alpha value is -1.14. The lowest BCUT2D eigenvalue weighted by atomic mass is 10.1. The summed E-state index contributed by atoms with van der Waals surface area (Å²) in [6.07, 6.45) is -0.286. The van der Waals surface area contributed by atoms with Crippen LogP contribution in [0.15, 0.2) is 30.3 Å². The molecule has 6 heteroatoms. The number of thiocarbonyl (C=S) groups is 1. The number of sulfone groups is 1. The SMILES string of the molecule is O=S1(=O)C[C@@H]2[C@@H](C1)OC(=S)N2Cc1ccccc1. The van der Waals surface area contributed by atoms with Crippen molar-refractivity contribution in [3.63, 3.8) is 0 Å². The molecule has 0 spiro atoms. The average Bonchev–Trinajstić information content (AvgIpc) is 2.74. The Labute approximate surface area is 111 Å². The lowest BCUT2D eigenvalue weighted by molar-refractivity contribution is 0.232. The molecule has 2 aliphatic heterocycles. The van der Waals surface area contributed by atoms with Crippen molar-refractivity contribution in [2.45, 2.75) is 18.7 Å². The Morgan fingerprint density at radius 3 is 2.72 bits per heavy atom. The normalized spacial score (nSPS) is 29.1. The smallest absolute Gasteiger partial charge is 0.260 e. The van der Waals surface area contributed by atoms with E-state index in [0.29, 0.717) is 11.7 Å². The zero-order valence-corrected chi connectivity index (χ0v) is 11.3. The molecule has 1 aromatic carbocycles. The molecule has 0 N–H and O–H groups in total. The van der Waals surface area contributed by atoms with E-state index < -0.39 is 9.84 Å². The van der Waals surface area contributed by atoms with Crippen LogP contribution in [0.4, 0.5) is 0 Å². The molecule has 0 unspecified atom stereocenters. The maximum absolute atomic E-state index is 11.6. The first kappa shape index (κ1) is 11.9. The fraction of sp³-hybridized carbons (Fsp3) is 0.417. The number of ether oxygens (including phenoxy) is 1. The highest BCUT2D eigenvalue weighted by molar-refractivity contribution is 7.91. The van der Waals surface area contributed by atoms with E-state index in [1.165, 1.54) is 0 Å². The van der Waals surface area contributed by atoms with Crippen molar-refractivity contribution in [2.24, 2.45) is 0 Å². The van der Waals surface area contributed by atoms with E-state index in [-0.39, 0.29) is 23.7 Å². The van der Waals surface area contributed by atoms with Gasteiger partial charge < -0.3 is 9.64 Å². The minimum Gasteiger partial charge on any atom is -0.464 e. The topological polar surface area (TPSA) is 46.6 Å². The predicted octanol–water partition coefficient (Wildman–Crippen LogP) is 0.969. The van der Waals surface area contributed by atoms with Gasteiger partial charge in [-0.3, -0.25) is 0 Å². The summed E-state index contributed by atoms with van der Waals surface area (Å²) >= 11 is 5.18. The van der Waals surface area contributed by atoms with Crippen LogP contribution in [0.3, 0.4) is 0 Å². The minimum atomic E-state index is -2.98. The standard InChI is InChI=1S/C12H13NO3S2/c14-18(15)7-10-11(8-18)16-12(17)13(10)6-9-4-2-1-3-5-9/h1-5,10-11H,6-8H2/t10-,11-/m1/s1. The molecule has 96 valence electrons. The van der Waals surface area contributed by atoms with E-state index in [0.717, 1.165) is 5.56 Å². The minimum absolute atomic E-state index is 0.0864. The predicted molar refractivity (Wildman–Crippen MR) is 71.9 cm³/mol. The lowest BCUT2D eigenvalue weighted by Crippen LogP contribution is -2.36. The van der Waals surface area contributed by atoms with Crippen molar-refractivity contribution in [1.82, 2.24) is 4.90 Å². The first-order chi connectivity index (χ1) is 8.55. The summed E-state index contributed by atoms with van der Waals surface area (Å²) in [7, 11) is -2.98. The van der Waals surface area contributed by atoms with E-state index in [4.69, 9.17) is 17.0 Å². The van der Waals surface area contributed by atoms with Gasteiger partial charge in [0, 0.05) is 6.54 Å². The van der Waals surface area contributed by atoms with Crippen LogP contribution in [-0.2, 0) is 21.1 Å². The van der Waals surface area contributed by atoms with Gasteiger partial charge in [0.1, 0.15) is 6.10 Å². The van der Waals surface area contributed by atoms with Crippen LogP contribution in [0.1, 0.15) is 5.56 Å². The molecule has 0 radical (unpaired) electrons. The Morgan fingerprint density at radius 2 is 2.00 bits per heavy atom. The molecule has 0 amide bonds. The Morgan fingerprint density at radius 1 is 1.28 bits per heavy atom. The fourth-order valence-corrected chi connectivity index (χ4v) is 4.66. The lowest BCUT2D eigenvalue weighted by Gasteiger charge is -2.21. The molecule has 2 saturated heterocycles. The molecule has 2 aliphatic rings. The number of nitrogens with zero attached hydrogens (tertiary/aromatic N) is 1. The van der Waals surface area contributed by atoms with Gasteiger partial charge in [-0.05, 0) is 17.8 Å². The summed E-state index contributed by atoms with van der Waals surface area (Å²) in [6.45, 7) is 0.607. The van der Waals surface area contributed by atoms with Crippen LogP contribution in [0.25, 0.3) is 0 Å². The Kier molecular flexibility index (Phi) is 2.79. The maximum atomic E-state index is 11.6. The molecular weight excluding hydrogens is 270 g/mol. The zero-order chi connectivity index (χ0) is 12.8. The first-order valence-electron chi connectivity index (χ1n) is 5.77. The van der Waals surface area contributed by atoms with Crippen LogP contribution in [0.5, 0.6) is 0 Å². The molecule has 2 fully saturated rings. The van der Waals surface area contributed by atoms with Crippen LogP contribution in [-0.4, -0.2) is 42.1 Å². The second-order valence-electron chi connectivity index (χ2n) is 4.68. The first-order valence-corrected chi connectivity index (χ1v) is 8.00. The quantitative estimate of drug-likeness (QED) is 0.757. The highest BCUT2D eigenvalue weighted by Crippen LogP contribution is 2.29. The summed E-state index contributed by atoms with van der Waals surface area (Å²) in [5.41, 5.74) is 1.10. The largest absolute Gasteiger partial charge is 0.464 e. The molecule has 2 heterocycles. The van der Waals surface area contributed by atoms with E-state index in [1.807, 2.05) is 35.2 Å². The van der Waals surface area contributed by atoms with Gasteiger partial charge in [-0.1, -0.05) is 30.3 Å². The summed E-state index contributed by atoms with van der Waals surface area (Å²) in [6, 6.07) is 9.74. The second kappa shape index (κ2) is 4.20. The third kappa shape index (κ3) is 2.10. The van der Waals surface area contributed by atoms with Crippen molar-refractivity contribution in [3.05, 3.63) is 35.9 Å². The van der Waals surface area contributed by atoms with Gasteiger partial charge in [-0.25, -0.2) is 8.42 Å². The molecule has 4 nitrogen and oxygen atoms in total. The summed E-state index contributed by atoms with van der Waals surface area (Å²) in [5, 5.41) is 0.420. The summed E-state index contributed by atoms with van der Waals surface area (Å²) in [4.78, 5) is 1.89. The Bertz CT molecular complexity index is 570. The average molecular weight is 283 g/mol. The molecular formula is C12H13NO3S2. The third-order valence-corrected chi connectivity index (χ3v) is 5.37. The molecule has 18 heavy (non-hydrogen) atoms. The van der Waals surface area contributed by atoms with Crippen molar-refractivity contribution in [2.75, 3.05) is 11.5 Å². The van der Waals surface area contributed by atoms with Gasteiger partial charge in [0.15, 0.2) is 9.84 Å². The zero-order valence-electron chi connectivity index (χ0n) is 9.65. The molecule has 0 saturated carbocycles. The van der Waals surface area contributed by atoms with Crippen molar-refractivity contribution >= 4 is 27.2 Å². The van der Waals surface area contributed by atoms with E-state index in [1.54, 1.807) is 0 Å². The van der Waals surface area contributed by atoms with E-state index in [9.17, 15) is 8.42 Å². The van der Waals surface area contributed by atoms with Gasteiger partial charge in [0.25, 0.3) is 5.17 Å². The molecule has 3 rings (SSSR count). The van der Waals surface area contributed by atoms with Crippen molar-refractivity contribution < 1.29 is 13.2 Å². The second-order valence-corrected chi connectivity index (χ2v) is 7.18. The summed E-state index contributed by atoms with van der Waals surface area (Å²) < 4.78 is 28.7. The van der Waals surface area contributed by atoms with Crippen molar-refractivity contribution in [1.29, 1.82) is 0 Å². The fourth-order valence-electron chi connectivity index (χ4n) is 2.49. The highest BCUT2D eigenvalue weighted by atomic mass is 32.2.